The highest BCUT2D eigenvalue weighted by molar-refractivity contribution is 7.89. The first-order chi connectivity index (χ1) is 14.9. The molecule has 1 aliphatic heterocycles. The molecule has 0 bridgehead atoms. The summed E-state index contributed by atoms with van der Waals surface area (Å²) in [5.74, 6) is -0.665. The number of aromatic nitrogens is 4. The Hall–Kier alpha value is -2.19. The maximum Gasteiger partial charge on any atom is 0.283 e. The maximum absolute atomic E-state index is 13.4. The van der Waals surface area contributed by atoms with Crippen LogP contribution in [0.15, 0.2) is 11.1 Å². The second-order valence-corrected chi connectivity index (χ2v) is 9.54. The largest absolute Gasteiger partial charge is 0.338 e. The molecular weight excluding hydrogens is 480 g/mol. The van der Waals surface area contributed by atoms with E-state index in [9.17, 15) is 30.8 Å². The number of aryl methyl sites for hydroxylation is 1. The van der Waals surface area contributed by atoms with Gasteiger partial charge in [0, 0.05) is 33.2 Å². The van der Waals surface area contributed by atoms with Crippen molar-refractivity contribution >= 4 is 27.5 Å². The molecule has 1 unspecified atom stereocenters. The molecule has 1 fully saturated rings. The number of alkyl halides is 4. The van der Waals surface area contributed by atoms with Crippen LogP contribution in [0.25, 0.3) is 0 Å². The molecule has 2 aromatic rings. The molecule has 0 N–H and O–H groups in total. The number of nitrogens with zero attached hydrogens (tertiary/aromatic N) is 6. The summed E-state index contributed by atoms with van der Waals surface area (Å²) in [6.07, 6.45) is -5.16. The third kappa shape index (κ3) is 4.22. The van der Waals surface area contributed by atoms with Crippen LogP contribution in [0.1, 0.15) is 42.9 Å². The molecule has 15 heteroatoms. The maximum atomic E-state index is 13.4. The van der Waals surface area contributed by atoms with Crippen LogP contribution in [0.2, 0.25) is 5.02 Å². The van der Waals surface area contributed by atoms with Gasteiger partial charge < -0.3 is 4.90 Å². The lowest BCUT2D eigenvalue weighted by Crippen LogP contribution is -2.52. The summed E-state index contributed by atoms with van der Waals surface area (Å²) in [6, 6.07) is -1.34. The molecule has 0 saturated carbocycles. The monoisotopic (exact) mass is 500 g/mol. The van der Waals surface area contributed by atoms with Gasteiger partial charge in [-0.25, -0.2) is 30.7 Å². The molecule has 1 atom stereocenters. The Morgan fingerprint density at radius 2 is 1.72 bits per heavy atom. The topological polar surface area (TPSA) is 93.3 Å². The molecule has 1 amide bonds. The van der Waals surface area contributed by atoms with E-state index in [1.807, 2.05) is 0 Å². The van der Waals surface area contributed by atoms with E-state index in [1.165, 1.54) is 27.0 Å². The van der Waals surface area contributed by atoms with Crippen LogP contribution in [0.5, 0.6) is 0 Å². The van der Waals surface area contributed by atoms with Crippen molar-refractivity contribution in [3.05, 3.63) is 28.3 Å². The summed E-state index contributed by atoms with van der Waals surface area (Å²) in [6.45, 7) is 2.78. The zero-order valence-corrected chi connectivity index (χ0v) is 18.9. The lowest BCUT2D eigenvalue weighted by Gasteiger charge is -2.35. The van der Waals surface area contributed by atoms with Crippen LogP contribution < -0.4 is 0 Å². The average molecular weight is 501 g/mol. The van der Waals surface area contributed by atoms with E-state index in [4.69, 9.17) is 11.6 Å². The smallest absolute Gasteiger partial charge is 0.283 e. The second-order valence-electron chi connectivity index (χ2n) is 7.25. The minimum atomic E-state index is -3.83. The summed E-state index contributed by atoms with van der Waals surface area (Å²) in [5, 5.41) is 6.50. The zero-order chi connectivity index (χ0) is 24.0. The molecule has 3 rings (SSSR count). The van der Waals surface area contributed by atoms with Gasteiger partial charge in [0.1, 0.15) is 22.3 Å². The minimum absolute atomic E-state index is 0.0115. The fourth-order valence-corrected chi connectivity index (χ4v) is 5.36. The lowest BCUT2D eigenvalue weighted by molar-refractivity contribution is -0.135. The number of halogens is 5. The first-order valence-electron chi connectivity index (χ1n) is 9.49. The van der Waals surface area contributed by atoms with Crippen molar-refractivity contribution in [2.45, 2.75) is 37.6 Å². The predicted octanol–water partition coefficient (Wildman–Crippen LogP) is 2.55. The number of hydrogen-bond donors (Lipinski definition) is 0. The molecule has 178 valence electrons. The first kappa shape index (κ1) is 24.5. The Morgan fingerprint density at radius 3 is 2.19 bits per heavy atom. The summed E-state index contributed by atoms with van der Waals surface area (Å²) >= 11 is 5.65. The number of carbonyl (C=O) groups is 1. The zero-order valence-electron chi connectivity index (χ0n) is 17.3. The van der Waals surface area contributed by atoms with Gasteiger partial charge in [0.15, 0.2) is 0 Å². The van der Waals surface area contributed by atoms with Crippen LogP contribution in [-0.2, 0) is 21.9 Å². The molecule has 0 aromatic carbocycles. The molecule has 0 aliphatic carbocycles. The van der Waals surface area contributed by atoms with E-state index in [2.05, 4.69) is 10.2 Å². The standard InChI is InChI=1S/C17H21ClF4N6O3S/c1-9-11(8-23-25(9)3)32(30,31)27-6-4-26(5-7-27)17(29)10(2)28-14(16(21)22)12(18)13(24-28)15(19)20/h8,10,15-16H,4-7H2,1-3H3. The fourth-order valence-electron chi connectivity index (χ4n) is 3.46. The van der Waals surface area contributed by atoms with Crippen LogP contribution >= 0.6 is 11.6 Å². The number of piperazine rings is 1. The number of carbonyl (C=O) groups excluding carboxylic acids is 1. The first-order valence-corrected chi connectivity index (χ1v) is 11.3. The van der Waals surface area contributed by atoms with Crippen molar-refractivity contribution in [1.82, 2.24) is 28.8 Å². The molecule has 0 radical (unpaired) electrons. The van der Waals surface area contributed by atoms with Gasteiger partial charge in [0.2, 0.25) is 15.9 Å². The highest BCUT2D eigenvalue weighted by atomic mass is 35.5. The van der Waals surface area contributed by atoms with Gasteiger partial charge >= 0.3 is 0 Å². The predicted molar refractivity (Wildman–Crippen MR) is 105 cm³/mol. The third-order valence-corrected chi connectivity index (χ3v) is 7.80. The van der Waals surface area contributed by atoms with Crippen molar-refractivity contribution in [3.8, 4) is 0 Å². The molecule has 9 nitrogen and oxygen atoms in total. The quantitative estimate of drug-likeness (QED) is 0.568. The summed E-state index contributed by atoms with van der Waals surface area (Å²) in [5.41, 5.74) is -1.53. The summed E-state index contributed by atoms with van der Waals surface area (Å²) in [7, 11) is -2.22. The number of rotatable bonds is 6. The van der Waals surface area contributed by atoms with Crippen LogP contribution in [0.4, 0.5) is 17.6 Å². The normalized spacial score (nSPS) is 16.9. The van der Waals surface area contributed by atoms with Crippen LogP contribution in [-0.4, -0.2) is 69.3 Å². The molecule has 0 spiro atoms. The fraction of sp³-hybridized carbons (Fsp3) is 0.588. The van der Waals surface area contributed by atoms with E-state index in [-0.39, 0.29) is 31.1 Å². The van der Waals surface area contributed by atoms with Gasteiger partial charge in [-0.3, -0.25) is 9.48 Å². The highest BCUT2D eigenvalue weighted by Crippen LogP contribution is 2.36. The Labute approximate surface area is 186 Å². The Bertz CT molecular complexity index is 1110. The Balaban J connectivity index is 1.76. The van der Waals surface area contributed by atoms with Crippen LogP contribution in [0.3, 0.4) is 0 Å². The minimum Gasteiger partial charge on any atom is -0.338 e. The van der Waals surface area contributed by atoms with Crippen molar-refractivity contribution < 1.29 is 30.8 Å². The Morgan fingerprint density at radius 1 is 1.12 bits per heavy atom. The molecule has 2 aromatic heterocycles. The molecule has 1 aliphatic rings. The summed E-state index contributed by atoms with van der Waals surface area (Å²) < 4.78 is 81.8. The highest BCUT2D eigenvalue weighted by Gasteiger charge is 2.36. The number of hydrogen-bond acceptors (Lipinski definition) is 5. The van der Waals surface area contributed by atoms with E-state index >= 15 is 0 Å². The van der Waals surface area contributed by atoms with Crippen LogP contribution in [0, 0.1) is 6.92 Å². The van der Waals surface area contributed by atoms with Crippen molar-refractivity contribution in [3.63, 3.8) is 0 Å². The average Bonchev–Trinajstić information content (AvgIpc) is 3.26. The van der Waals surface area contributed by atoms with Gasteiger partial charge in [0.25, 0.3) is 12.9 Å². The Kier molecular flexibility index (Phi) is 6.86. The molecule has 3 heterocycles. The molecule has 32 heavy (non-hydrogen) atoms. The van der Waals surface area contributed by atoms with Gasteiger partial charge in [-0.1, -0.05) is 11.6 Å². The lowest BCUT2D eigenvalue weighted by atomic mass is 10.2. The van der Waals surface area contributed by atoms with Crippen molar-refractivity contribution in [2.24, 2.45) is 7.05 Å². The SMILES string of the molecule is Cc1c(S(=O)(=O)N2CCN(C(=O)C(C)n3nc(C(F)F)c(Cl)c3C(F)F)CC2)cnn1C. The second kappa shape index (κ2) is 8.98. The van der Waals surface area contributed by atoms with E-state index < -0.39 is 51.2 Å². The molecular formula is C17H21ClF4N6O3S. The number of sulfonamides is 1. The van der Waals surface area contributed by atoms with Gasteiger partial charge in [-0.15, -0.1) is 0 Å². The van der Waals surface area contributed by atoms with Crippen molar-refractivity contribution in [2.75, 3.05) is 26.2 Å². The third-order valence-electron chi connectivity index (χ3n) is 5.41. The van der Waals surface area contributed by atoms with Gasteiger partial charge in [-0.2, -0.15) is 14.5 Å². The number of amides is 1. The van der Waals surface area contributed by atoms with E-state index in [0.29, 0.717) is 10.4 Å². The molecule has 1 saturated heterocycles. The van der Waals surface area contributed by atoms with E-state index in [1.54, 1.807) is 14.0 Å². The van der Waals surface area contributed by atoms with Crippen molar-refractivity contribution in [1.29, 1.82) is 0 Å². The van der Waals surface area contributed by atoms with Gasteiger partial charge in [0.05, 0.1) is 16.9 Å². The van der Waals surface area contributed by atoms with E-state index in [0.717, 1.165) is 0 Å². The van der Waals surface area contributed by atoms with Gasteiger partial charge in [-0.05, 0) is 13.8 Å². The summed E-state index contributed by atoms with van der Waals surface area (Å²) in [4.78, 5) is 14.2.